The van der Waals surface area contributed by atoms with Crippen LogP contribution in [0.3, 0.4) is 0 Å². The van der Waals surface area contributed by atoms with E-state index in [4.69, 9.17) is 23.7 Å². The highest BCUT2D eigenvalue weighted by molar-refractivity contribution is 5.56. The molecule has 0 radical (unpaired) electrons. The molecule has 0 aromatic heterocycles. The number of fused-ring (bicyclic) bond motifs is 1. The SMILES string of the molecule is COC1OC(COc2cccc([N+](=O)[O-])c2C#N)C2OC(C)(C)OC12. The van der Waals surface area contributed by atoms with E-state index in [1.807, 2.05) is 6.07 Å². The molecule has 1 aromatic rings. The van der Waals surface area contributed by atoms with E-state index in [9.17, 15) is 15.4 Å². The molecule has 1 aromatic carbocycles. The van der Waals surface area contributed by atoms with E-state index >= 15 is 0 Å². The van der Waals surface area contributed by atoms with Gasteiger partial charge in [-0.3, -0.25) is 10.1 Å². The van der Waals surface area contributed by atoms with Gasteiger partial charge in [0.05, 0.1) is 4.92 Å². The van der Waals surface area contributed by atoms with Crippen LogP contribution >= 0.6 is 0 Å². The van der Waals surface area contributed by atoms with Crippen LogP contribution in [0, 0.1) is 21.4 Å². The minimum atomic E-state index is -0.766. The van der Waals surface area contributed by atoms with Gasteiger partial charge in [-0.1, -0.05) is 6.07 Å². The Morgan fingerprint density at radius 2 is 2.08 bits per heavy atom. The van der Waals surface area contributed by atoms with Gasteiger partial charge in [-0.2, -0.15) is 5.26 Å². The summed E-state index contributed by atoms with van der Waals surface area (Å²) < 4.78 is 28.3. The Morgan fingerprint density at radius 3 is 2.72 bits per heavy atom. The Hall–Kier alpha value is -2.25. The quantitative estimate of drug-likeness (QED) is 0.583. The van der Waals surface area contributed by atoms with Crippen LogP contribution in [-0.2, 0) is 18.9 Å². The highest BCUT2D eigenvalue weighted by Crippen LogP contribution is 2.39. The lowest BCUT2D eigenvalue weighted by Gasteiger charge is -2.23. The van der Waals surface area contributed by atoms with E-state index < -0.39 is 35.3 Å². The topological polar surface area (TPSA) is 113 Å². The second-order valence-electron chi connectivity index (χ2n) is 6.17. The summed E-state index contributed by atoms with van der Waals surface area (Å²) in [5.74, 6) is -0.645. The Balaban J connectivity index is 1.75. The minimum absolute atomic E-state index is 0.0380. The van der Waals surface area contributed by atoms with Gasteiger partial charge in [-0.15, -0.1) is 0 Å². The number of hydrogen-bond donors (Lipinski definition) is 0. The van der Waals surface area contributed by atoms with Crippen LogP contribution < -0.4 is 4.74 Å². The average molecular weight is 350 g/mol. The zero-order chi connectivity index (χ0) is 18.2. The fraction of sp³-hybridized carbons (Fsp3) is 0.562. The van der Waals surface area contributed by atoms with Crippen LogP contribution in [0.4, 0.5) is 5.69 Å². The number of nitriles is 1. The van der Waals surface area contributed by atoms with E-state index in [0.29, 0.717) is 0 Å². The smallest absolute Gasteiger partial charge is 0.290 e. The molecule has 9 heteroatoms. The van der Waals surface area contributed by atoms with Crippen molar-refractivity contribution in [2.75, 3.05) is 13.7 Å². The first-order valence-electron chi connectivity index (χ1n) is 7.70. The normalized spacial score (nSPS) is 29.8. The van der Waals surface area contributed by atoms with Gasteiger partial charge < -0.3 is 23.7 Å². The molecule has 0 saturated carbocycles. The van der Waals surface area contributed by atoms with Crippen molar-refractivity contribution in [1.82, 2.24) is 0 Å². The van der Waals surface area contributed by atoms with Crippen LogP contribution in [0.25, 0.3) is 0 Å². The number of hydrogen-bond acceptors (Lipinski definition) is 8. The standard InChI is InChI=1S/C16H18N2O7/c1-16(2)24-13-12(23-15(21-3)14(13)25-16)8-22-11-6-4-5-10(18(19)20)9(11)7-17/h4-6,12-15H,8H2,1-3H3. The van der Waals surface area contributed by atoms with Crippen molar-refractivity contribution in [1.29, 1.82) is 5.26 Å². The Kier molecular flexibility index (Phi) is 4.62. The molecule has 2 heterocycles. The first kappa shape index (κ1) is 17.6. The van der Waals surface area contributed by atoms with Gasteiger partial charge in [0.25, 0.3) is 5.69 Å². The fourth-order valence-corrected chi connectivity index (χ4v) is 3.04. The highest BCUT2D eigenvalue weighted by Gasteiger charge is 2.55. The van der Waals surface area contributed by atoms with Crippen LogP contribution in [0.15, 0.2) is 18.2 Å². The maximum atomic E-state index is 11.0. The molecule has 2 aliphatic heterocycles. The lowest BCUT2D eigenvalue weighted by Crippen LogP contribution is -2.34. The summed E-state index contributed by atoms with van der Waals surface area (Å²) in [6.45, 7) is 3.63. The Morgan fingerprint density at radius 1 is 1.36 bits per heavy atom. The Bertz CT molecular complexity index is 715. The monoisotopic (exact) mass is 350 g/mol. The Labute approximate surface area is 144 Å². The molecule has 0 amide bonds. The molecule has 2 fully saturated rings. The second kappa shape index (κ2) is 6.57. The number of methoxy groups -OCH3 is 1. The van der Waals surface area contributed by atoms with E-state index in [-0.39, 0.29) is 23.6 Å². The van der Waals surface area contributed by atoms with Gasteiger partial charge in [-0.25, -0.2) is 0 Å². The van der Waals surface area contributed by atoms with E-state index in [1.165, 1.54) is 25.3 Å². The lowest BCUT2D eigenvalue weighted by atomic mass is 10.1. The summed E-state index contributed by atoms with van der Waals surface area (Å²) in [5, 5.41) is 20.2. The molecule has 3 rings (SSSR count). The molecule has 4 unspecified atom stereocenters. The maximum Gasteiger partial charge on any atom is 0.290 e. The molecule has 9 nitrogen and oxygen atoms in total. The number of nitro groups is 1. The number of benzene rings is 1. The van der Waals surface area contributed by atoms with Crippen molar-refractivity contribution in [3.8, 4) is 11.8 Å². The molecule has 0 aliphatic carbocycles. The van der Waals surface area contributed by atoms with Gasteiger partial charge in [0.1, 0.15) is 36.7 Å². The summed E-state index contributed by atoms with van der Waals surface area (Å²) >= 11 is 0. The fourth-order valence-electron chi connectivity index (χ4n) is 3.04. The van der Waals surface area contributed by atoms with Crippen molar-refractivity contribution in [3.63, 3.8) is 0 Å². The summed E-state index contributed by atoms with van der Waals surface area (Å²) in [7, 11) is 1.51. The predicted molar refractivity (Wildman–Crippen MR) is 82.8 cm³/mol. The first-order valence-corrected chi connectivity index (χ1v) is 7.70. The second-order valence-corrected chi connectivity index (χ2v) is 6.17. The summed E-state index contributed by atoms with van der Waals surface area (Å²) in [5.41, 5.74) is -0.434. The number of nitro benzene ring substituents is 1. The zero-order valence-electron chi connectivity index (χ0n) is 14.0. The van der Waals surface area contributed by atoms with Crippen LogP contribution in [0.5, 0.6) is 5.75 Å². The molecule has 0 N–H and O–H groups in total. The van der Waals surface area contributed by atoms with Gasteiger partial charge in [0, 0.05) is 13.2 Å². The highest BCUT2D eigenvalue weighted by atomic mass is 16.8. The van der Waals surface area contributed by atoms with Crippen molar-refractivity contribution in [2.45, 2.75) is 44.2 Å². The van der Waals surface area contributed by atoms with Crippen molar-refractivity contribution >= 4 is 5.69 Å². The molecule has 25 heavy (non-hydrogen) atoms. The van der Waals surface area contributed by atoms with Crippen molar-refractivity contribution in [2.24, 2.45) is 0 Å². The van der Waals surface area contributed by atoms with Gasteiger partial charge in [0.15, 0.2) is 17.6 Å². The predicted octanol–water partition coefficient (Wildman–Crippen LogP) is 1.74. The van der Waals surface area contributed by atoms with Crippen LogP contribution in [0.2, 0.25) is 0 Å². The van der Waals surface area contributed by atoms with Crippen molar-refractivity contribution in [3.05, 3.63) is 33.9 Å². The maximum absolute atomic E-state index is 11.0. The largest absolute Gasteiger partial charge is 0.489 e. The molecule has 0 spiro atoms. The molecule has 134 valence electrons. The molecule has 2 saturated heterocycles. The third kappa shape index (κ3) is 3.29. The minimum Gasteiger partial charge on any atom is -0.489 e. The number of nitrogens with zero attached hydrogens (tertiary/aromatic N) is 2. The molecule has 4 atom stereocenters. The molecule has 0 bridgehead atoms. The van der Waals surface area contributed by atoms with Gasteiger partial charge >= 0.3 is 0 Å². The summed E-state index contributed by atoms with van der Waals surface area (Å²) in [6, 6.07) is 6.03. The zero-order valence-corrected chi connectivity index (χ0v) is 14.0. The van der Waals surface area contributed by atoms with Crippen LogP contribution in [-0.4, -0.2) is 49.0 Å². The molecule has 2 aliphatic rings. The van der Waals surface area contributed by atoms with Crippen molar-refractivity contribution < 1.29 is 28.6 Å². The first-order chi connectivity index (χ1) is 11.9. The molecular weight excluding hydrogens is 332 g/mol. The third-order valence-corrected chi connectivity index (χ3v) is 4.06. The number of ether oxygens (including phenoxy) is 5. The average Bonchev–Trinajstić information content (AvgIpc) is 3.05. The van der Waals surface area contributed by atoms with Gasteiger partial charge in [-0.05, 0) is 19.9 Å². The summed E-state index contributed by atoms with van der Waals surface area (Å²) in [6.07, 6.45) is -1.89. The number of rotatable bonds is 5. The van der Waals surface area contributed by atoms with E-state index in [1.54, 1.807) is 13.8 Å². The van der Waals surface area contributed by atoms with E-state index in [2.05, 4.69) is 0 Å². The molecular formula is C16H18N2O7. The lowest BCUT2D eigenvalue weighted by molar-refractivity contribution is -0.385. The van der Waals surface area contributed by atoms with Crippen LogP contribution in [0.1, 0.15) is 19.4 Å². The third-order valence-electron chi connectivity index (χ3n) is 4.06. The van der Waals surface area contributed by atoms with Gasteiger partial charge in [0.2, 0.25) is 0 Å². The summed E-state index contributed by atoms with van der Waals surface area (Å²) in [4.78, 5) is 10.4. The van der Waals surface area contributed by atoms with E-state index in [0.717, 1.165) is 0 Å².